The van der Waals surface area contributed by atoms with Crippen LogP contribution in [0, 0.1) is 20.8 Å². The first-order valence-electron chi connectivity index (χ1n) is 15.8. The SMILES string of the molecule is CCC(C)n1nc(C)c2nc(Br)cc(Br)c21.CC[C@@H](C)n1nc(C)c2nc(Br)cc(Br)c21.CC[C@H](C)n1nc(C)c2nc(Br)cc(Br)c21. The van der Waals surface area contributed by atoms with E-state index in [1.807, 2.05) is 53.0 Å². The zero-order valence-electron chi connectivity index (χ0n) is 28.4. The van der Waals surface area contributed by atoms with Crippen molar-refractivity contribution in [3.63, 3.8) is 0 Å². The van der Waals surface area contributed by atoms with Gasteiger partial charge in [-0.05, 0) is 175 Å². The Balaban J connectivity index is 0.000000163. The first kappa shape index (κ1) is 39.5. The molecule has 48 heavy (non-hydrogen) atoms. The number of rotatable bonds is 6. The summed E-state index contributed by atoms with van der Waals surface area (Å²) in [6.07, 6.45) is 3.16. The molecule has 0 aliphatic carbocycles. The van der Waals surface area contributed by atoms with Crippen molar-refractivity contribution in [3.05, 3.63) is 62.5 Å². The summed E-state index contributed by atoms with van der Waals surface area (Å²) >= 11 is 20.9. The summed E-state index contributed by atoms with van der Waals surface area (Å²) in [5, 5.41) is 13.7. The first-order chi connectivity index (χ1) is 22.6. The van der Waals surface area contributed by atoms with E-state index in [1.165, 1.54) is 0 Å². The van der Waals surface area contributed by atoms with Crippen LogP contribution < -0.4 is 0 Å². The molecule has 0 fully saturated rings. The monoisotopic (exact) mass is 1030 g/mol. The van der Waals surface area contributed by atoms with Crippen LogP contribution in [0.3, 0.4) is 0 Å². The lowest BCUT2D eigenvalue weighted by Crippen LogP contribution is -2.06. The van der Waals surface area contributed by atoms with Gasteiger partial charge < -0.3 is 0 Å². The summed E-state index contributed by atoms with van der Waals surface area (Å²) in [4.78, 5) is 13.4. The summed E-state index contributed by atoms with van der Waals surface area (Å²) in [5.74, 6) is 0. The van der Waals surface area contributed by atoms with Crippen molar-refractivity contribution in [1.29, 1.82) is 0 Å². The lowest BCUT2D eigenvalue weighted by atomic mass is 10.2. The topological polar surface area (TPSA) is 92.1 Å². The molecule has 6 heterocycles. The maximum atomic E-state index is 4.57. The van der Waals surface area contributed by atoms with Crippen molar-refractivity contribution >= 4 is 129 Å². The van der Waals surface area contributed by atoms with Gasteiger partial charge in [-0.1, -0.05) is 20.8 Å². The highest BCUT2D eigenvalue weighted by Crippen LogP contribution is 2.32. The molecule has 6 aromatic rings. The summed E-state index contributed by atoms with van der Waals surface area (Å²) in [5.41, 5.74) is 9.02. The smallest absolute Gasteiger partial charge is 0.114 e. The second-order valence-electron chi connectivity index (χ2n) is 11.7. The van der Waals surface area contributed by atoms with Crippen LogP contribution in [-0.2, 0) is 0 Å². The second kappa shape index (κ2) is 16.8. The van der Waals surface area contributed by atoms with Crippen molar-refractivity contribution < 1.29 is 0 Å². The van der Waals surface area contributed by atoms with E-state index in [-0.39, 0.29) is 0 Å². The van der Waals surface area contributed by atoms with Gasteiger partial charge >= 0.3 is 0 Å². The Bertz CT molecular complexity index is 1830. The van der Waals surface area contributed by atoms with Gasteiger partial charge in [0.15, 0.2) is 0 Å². The van der Waals surface area contributed by atoms with Gasteiger partial charge in [0.25, 0.3) is 0 Å². The Kier molecular flexibility index (Phi) is 13.9. The van der Waals surface area contributed by atoms with E-state index >= 15 is 0 Å². The molecule has 15 heteroatoms. The van der Waals surface area contributed by atoms with Gasteiger partial charge in [-0.3, -0.25) is 14.0 Å². The van der Waals surface area contributed by atoms with Gasteiger partial charge in [0, 0.05) is 31.5 Å². The standard InChI is InChI=1S/3C11H13Br2N3/c3*1-4-6(2)16-11-8(12)5-9(13)14-10(11)7(3)15-16/h3*5-6H,4H2,1-3H3/t2*6-;/m10./s1. The number of fused-ring (bicyclic) bond motifs is 3. The number of nitrogens with zero attached hydrogens (tertiary/aromatic N) is 9. The fourth-order valence-corrected chi connectivity index (χ4v) is 9.00. The molecule has 0 saturated carbocycles. The molecule has 0 amide bonds. The highest BCUT2D eigenvalue weighted by atomic mass is 79.9. The van der Waals surface area contributed by atoms with Gasteiger partial charge in [0.2, 0.25) is 0 Å². The largest absolute Gasteiger partial charge is 0.259 e. The average molecular weight is 1040 g/mol. The van der Waals surface area contributed by atoms with Crippen LogP contribution >= 0.6 is 95.6 Å². The molecule has 0 radical (unpaired) electrons. The zero-order valence-corrected chi connectivity index (χ0v) is 37.9. The number of hydrogen-bond donors (Lipinski definition) is 0. The van der Waals surface area contributed by atoms with Gasteiger partial charge in [-0.15, -0.1) is 0 Å². The van der Waals surface area contributed by atoms with Crippen LogP contribution in [0.2, 0.25) is 0 Å². The predicted octanol–water partition coefficient (Wildman–Crippen LogP) is 12.7. The quantitative estimate of drug-likeness (QED) is 0.154. The van der Waals surface area contributed by atoms with Crippen molar-refractivity contribution in [2.24, 2.45) is 0 Å². The van der Waals surface area contributed by atoms with Gasteiger partial charge in [0.1, 0.15) is 46.9 Å². The maximum Gasteiger partial charge on any atom is 0.114 e. The molecule has 258 valence electrons. The molecule has 0 saturated heterocycles. The molecule has 0 spiro atoms. The Morgan fingerprint density at radius 3 is 0.917 bits per heavy atom. The predicted molar refractivity (Wildman–Crippen MR) is 218 cm³/mol. The Morgan fingerprint density at radius 2 is 0.708 bits per heavy atom. The Morgan fingerprint density at radius 1 is 0.479 bits per heavy atom. The van der Waals surface area contributed by atoms with E-state index in [9.17, 15) is 0 Å². The van der Waals surface area contributed by atoms with Crippen LogP contribution in [0.5, 0.6) is 0 Å². The molecule has 6 rings (SSSR count). The van der Waals surface area contributed by atoms with E-state index in [1.54, 1.807) is 0 Å². The van der Waals surface area contributed by atoms with Crippen molar-refractivity contribution in [2.45, 2.75) is 99.7 Å². The number of halogens is 6. The molecule has 3 atom stereocenters. The van der Waals surface area contributed by atoms with Crippen molar-refractivity contribution in [3.8, 4) is 0 Å². The minimum Gasteiger partial charge on any atom is -0.259 e. The van der Waals surface area contributed by atoms with E-state index < -0.39 is 0 Å². The van der Waals surface area contributed by atoms with Gasteiger partial charge in [-0.25, -0.2) is 15.0 Å². The first-order valence-corrected chi connectivity index (χ1v) is 20.5. The molecule has 6 aromatic heterocycles. The van der Waals surface area contributed by atoms with Crippen LogP contribution in [0.1, 0.15) is 96.0 Å². The average Bonchev–Trinajstić information content (AvgIpc) is 3.67. The molecule has 0 bridgehead atoms. The number of hydrogen-bond acceptors (Lipinski definition) is 6. The number of pyridine rings is 3. The normalized spacial score (nSPS) is 13.3. The third-order valence-corrected chi connectivity index (χ3v) is 11.3. The van der Waals surface area contributed by atoms with Crippen LogP contribution in [-0.4, -0.2) is 44.3 Å². The Labute approximate surface area is 332 Å². The molecule has 9 nitrogen and oxygen atoms in total. The summed E-state index contributed by atoms with van der Waals surface area (Å²) in [6, 6.07) is 7.04. The maximum absolute atomic E-state index is 4.57. The fraction of sp³-hybridized carbons (Fsp3) is 0.455. The lowest BCUT2D eigenvalue weighted by Gasteiger charge is -2.11. The van der Waals surface area contributed by atoms with Gasteiger partial charge in [-0.2, -0.15) is 15.3 Å². The molecule has 0 aromatic carbocycles. The van der Waals surface area contributed by atoms with E-state index in [4.69, 9.17) is 0 Å². The molecule has 1 unspecified atom stereocenters. The van der Waals surface area contributed by atoms with E-state index in [0.717, 1.165) is 96.7 Å². The van der Waals surface area contributed by atoms with Crippen molar-refractivity contribution in [1.82, 2.24) is 44.3 Å². The molecular weight excluding hydrogens is 1000 g/mol. The highest BCUT2D eigenvalue weighted by molar-refractivity contribution is 9.11. The number of aryl methyl sites for hydroxylation is 3. The summed E-state index contributed by atoms with van der Waals surface area (Å²) in [6.45, 7) is 19.0. The molecule has 0 N–H and O–H groups in total. The minimum absolute atomic E-state index is 0.385. The van der Waals surface area contributed by atoms with Crippen LogP contribution in [0.25, 0.3) is 33.1 Å². The number of aromatic nitrogens is 9. The third kappa shape index (κ3) is 8.43. The summed E-state index contributed by atoms with van der Waals surface area (Å²) < 4.78 is 11.7. The second-order valence-corrected chi connectivity index (χ2v) is 16.7. The molecular formula is C33H39Br6N9. The molecule has 0 aliphatic heterocycles. The van der Waals surface area contributed by atoms with Crippen LogP contribution in [0.15, 0.2) is 45.4 Å². The highest BCUT2D eigenvalue weighted by Gasteiger charge is 2.18. The zero-order chi connectivity index (χ0) is 35.6. The third-order valence-electron chi connectivity index (χ3n) is 8.26. The minimum atomic E-state index is 0.385. The fourth-order valence-electron chi connectivity index (χ4n) is 5.10. The Hall–Kier alpha value is -1.26. The van der Waals surface area contributed by atoms with Crippen molar-refractivity contribution in [2.75, 3.05) is 0 Å². The lowest BCUT2D eigenvalue weighted by molar-refractivity contribution is 0.490. The van der Waals surface area contributed by atoms with E-state index in [2.05, 4.69) is 167 Å². The van der Waals surface area contributed by atoms with Crippen LogP contribution in [0.4, 0.5) is 0 Å². The summed E-state index contributed by atoms with van der Waals surface area (Å²) in [7, 11) is 0. The van der Waals surface area contributed by atoms with Gasteiger partial charge in [0.05, 0.1) is 17.1 Å². The molecule has 0 aliphatic rings. The van der Waals surface area contributed by atoms with E-state index in [0.29, 0.717) is 18.1 Å².